The minimum absolute atomic E-state index is 0.0103. The van der Waals surface area contributed by atoms with E-state index in [0.29, 0.717) is 24.3 Å². The van der Waals surface area contributed by atoms with Crippen LogP contribution in [0.3, 0.4) is 0 Å². The number of carbonyl (C=O) groups is 2. The fourth-order valence-corrected chi connectivity index (χ4v) is 4.00. The van der Waals surface area contributed by atoms with Gasteiger partial charge in [-0.25, -0.2) is 0 Å². The number of rotatable bonds is 2. The number of hydrogen-bond acceptors (Lipinski definition) is 3. The van der Waals surface area contributed by atoms with Gasteiger partial charge in [-0.3, -0.25) is 9.59 Å². The van der Waals surface area contributed by atoms with Crippen LogP contribution in [-0.4, -0.2) is 35.3 Å². The second kappa shape index (κ2) is 5.82. The molecule has 124 valence electrons. The third-order valence-electron chi connectivity index (χ3n) is 5.15. The van der Waals surface area contributed by atoms with E-state index in [1.807, 2.05) is 47.1 Å². The first-order valence-corrected chi connectivity index (χ1v) is 8.39. The molecule has 0 radical (unpaired) electrons. The maximum absolute atomic E-state index is 12.9. The van der Waals surface area contributed by atoms with E-state index in [9.17, 15) is 9.59 Å². The van der Waals surface area contributed by atoms with Gasteiger partial charge in [0, 0.05) is 18.7 Å². The van der Waals surface area contributed by atoms with Crippen molar-refractivity contribution >= 4 is 17.5 Å². The Kier molecular flexibility index (Phi) is 3.63. The standard InChI is InChI=1S/C19H20N2O3/c1-13-15(10-12-24-13)19(23)20-11-9-17-16(20)7-8-18(22)21(17)14-5-3-2-4-6-14/h2-6,10,12,16-17H,7-9,11H2,1H3/t16-,17-/m1/s1. The molecule has 2 aromatic rings. The molecule has 5 heteroatoms. The molecule has 0 bridgehead atoms. The summed E-state index contributed by atoms with van der Waals surface area (Å²) in [4.78, 5) is 29.2. The summed E-state index contributed by atoms with van der Waals surface area (Å²) >= 11 is 0. The van der Waals surface area contributed by atoms with Crippen molar-refractivity contribution in [1.82, 2.24) is 4.90 Å². The van der Waals surface area contributed by atoms with Gasteiger partial charge in [0.05, 0.1) is 23.9 Å². The maximum Gasteiger partial charge on any atom is 0.257 e. The smallest absolute Gasteiger partial charge is 0.257 e. The van der Waals surface area contributed by atoms with Crippen molar-refractivity contribution in [3.05, 3.63) is 54.0 Å². The van der Waals surface area contributed by atoms with E-state index in [1.54, 1.807) is 12.3 Å². The number of hydrogen-bond donors (Lipinski definition) is 0. The molecular weight excluding hydrogens is 304 g/mol. The number of piperidine rings is 1. The topological polar surface area (TPSA) is 53.8 Å². The van der Waals surface area contributed by atoms with Crippen molar-refractivity contribution < 1.29 is 14.0 Å². The van der Waals surface area contributed by atoms with Crippen LogP contribution in [0.4, 0.5) is 5.69 Å². The molecule has 4 rings (SSSR count). The summed E-state index contributed by atoms with van der Waals surface area (Å²) in [6.45, 7) is 2.48. The summed E-state index contributed by atoms with van der Waals surface area (Å²) in [5, 5.41) is 0. The molecule has 3 heterocycles. The molecule has 2 aliphatic rings. The van der Waals surface area contributed by atoms with Crippen LogP contribution < -0.4 is 4.90 Å². The number of para-hydroxylation sites is 1. The molecule has 0 spiro atoms. The van der Waals surface area contributed by atoms with Crippen molar-refractivity contribution in [2.24, 2.45) is 0 Å². The SMILES string of the molecule is Cc1occc1C(=O)N1CC[C@@H]2[C@H]1CCC(=O)N2c1ccccc1. The zero-order valence-corrected chi connectivity index (χ0v) is 13.6. The molecular formula is C19H20N2O3. The van der Waals surface area contributed by atoms with E-state index in [-0.39, 0.29) is 23.9 Å². The molecule has 1 aromatic carbocycles. The molecule has 0 N–H and O–H groups in total. The van der Waals surface area contributed by atoms with Crippen molar-refractivity contribution in [2.75, 3.05) is 11.4 Å². The second-order valence-corrected chi connectivity index (χ2v) is 6.45. The summed E-state index contributed by atoms with van der Waals surface area (Å²) in [5.74, 6) is 0.808. The average Bonchev–Trinajstić information content (AvgIpc) is 3.21. The summed E-state index contributed by atoms with van der Waals surface area (Å²) in [7, 11) is 0. The van der Waals surface area contributed by atoms with E-state index in [0.717, 1.165) is 18.5 Å². The highest BCUT2D eigenvalue weighted by Gasteiger charge is 2.45. The summed E-state index contributed by atoms with van der Waals surface area (Å²) in [6, 6.07) is 11.6. The molecule has 24 heavy (non-hydrogen) atoms. The van der Waals surface area contributed by atoms with E-state index < -0.39 is 0 Å². The first-order chi connectivity index (χ1) is 11.7. The average molecular weight is 324 g/mol. The third kappa shape index (κ3) is 2.31. The van der Waals surface area contributed by atoms with Gasteiger partial charge >= 0.3 is 0 Å². The van der Waals surface area contributed by atoms with Gasteiger partial charge in [0.2, 0.25) is 5.91 Å². The molecule has 0 aliphatic carbocycles. The van der Waals surface area contributed by atoms with Gasteiger partial charge in [0.15, 0.2) is 0 Å². The first-order valence-electron chi connectivity index (χ1n) is 8.39. The normalized spacial score (nSPS) is 23.5. The molecule has 0 saturated carbocycles. The van der Waals surface area contributed by atoms with Crippen LogP contribution in [0.15, 0.2) is 47.1 Å². The Bertz CT molecular complexity index is 768. The lowest BCUT2D eigenvalue weighted by Gasteiger charge is -2.39. The number of anilines is 1. The molecule has 2 fully saturated rings. The summed E-state index contributed by atoms with van der Waals surface area (Å²) < 4.78 is 5.28. The minimum Gasteiger partial charge on any atom is -0.469 e. The maximum atomic E-state index is 12.9. The fourth-order valence-electron chi connectivity index (χ4n) is 4.00. The Morgan fingerprint density at radius 2 is 1.92 bits per heavy atom. The number of furan rings is 1. The number of aryl methyl sites for hydroxylation is 1. The fraction of sp³-hybridized carbons (Fsp3) is 0.368. The third-order valence-corrected chi connectivity index (χ3v) is 5.15. The number of carbonyl (C=O) groups excluding carboxylic acids is 2. The van der Waals surface area contributed by atoms with Gasteiger partial charge in [-0.15, -0.1) is 0 Å². The lowest BCUT2D eigenvalue weighted by molar-refractivity contribution is -0.120. The largest absolute Gasteiger partial charge is 0.469 e. The molecule has 1 aromatic heterocycles. The minimum atomic E-state index is 0.0103. The highest BCUT2D eigenvalue weighted by Crippen LogP contribution is 2.35. The number of fused-ring (bicyclic) bond motifs is 1. The van der Waals surface area contributed by atoms with Crippen LogP contribution in [0.1, 0.15) is 35.4 Å². The monoisotopic (exact) mass is 324 g/mol. The Labute approximate surface area is 140 Å². The molecule has 2 aliphatic heterocycles. The number of likely N-dealkylation sites (tertiary alicyclic amines) is 1. The van der Waals surface area contributed by atoms with Gasteiger partial charge in [0.25, 0.3) is 5.91 Å². The predicted octanol–water partition coefficient (Wildman–Crippen LogP) is 3.00. The number of benzene rings is 1. The molecule has 5 nitrogen and oxygen atoms in total. The number of nitrogens with zero attached hydrogens (tertiary/aromatic N) is 2. The van der Waals surface area contributed by atoms with Crippen molar-refractivity contribution in [3.8, 4) is 0 Å². The van der Waals surface area contributed by atoms with Gasteiger partial charge in [-0.05, 0) is 38.0 Å². The van der Waals surface area contributed by atoms with E-state index in [4.69, 9.17) is 4.42 Å². The van der Waals surface area contributed by atoms with E-state index >= 15 is 0 Å². The Morgan fingerprint density at radius 1 is 1.12 bits per heavy atom. The van der Waals surface area contributed by atoms with Crippen molar-refractivity contribution in [1.29, 1.82) is 0 Å². The van der Waals surface area contributed by atoms with Crippen LogP contribution in [0.2, 0.25) is 0 Å². The van der Waals surface area contributed by atoms with Crippen LogP contribution in [-0.2, 0) is 4.79 Å². The Hall–Kier alpha value is -2.56. The molecule has 2 amide bonds. The first kappa shape index (κ1) is 15.0. The predicted molar refractivity (Wildman–Crippen MR) is 89.8 cm³/mol. The molecule has 0 unspecified atom stereocenters. The Morgan fingerprint density at radius 3 is 2.62 bits per heavy atom. The lowest BCUT2D eigenvalue weighted by Crippen LogP contribution is -2.53. The number of amides is 2. The highest BCUT2D eigenvalue weighted by atomic mass is 16.3. The lowest BCUT2D eigenvalue weighted by atomic mass is 9.95. The van der Waals surface area contributed by atoms with E-state index in [1.165, 1.54) is 0 Å². The summed E-state index contributed by atoms with van der Waals surface area (Å²) in [6.07, 6.45) is 3.57. The van der Waals surface area contributed by atoms with Crippen LogP contribution in [0.5, 0.6) is 0 Å². The Balaban J connectivity index is 1.62. The van der Waals surface area contributed by atoms with Crippen LogP contribution in [0, 0.1) is 6.92 Å². The summed E-state index contributed by atoms with van der Waals surface area (Å²) in [5.41, 5.74) is 1.55. The quantitative estimate of drug-likeness (QED) is 0.853. The van der Waals surface area contributed by atoms with Gasteiger partial charge in [-0.2, -0.15) is 0 Å². The highest BCUT2D eigenvalue weighted by molar-refractivity contribution is 5.98. The molecule has 2 saturated heterocycles. The second-order valence-electron chi connectivity index (χ2n) is 6.45. The van der Waals surface area contributed by atoms with Crippen LogP contribution in [0.25, 0.3) is 0 Å². The van der Waals surface area contributed by atoms with Gasteiger partial charge < -0.3 is 14.2 Å². The van der Waals surface area contributed by atoms with Gasteiger partial charge in [0.1, 0.15) is 5.76 Å². The van der Waals surface area contributed by atoms with Crippen molar-refractivity contribution in [3.63, 3.8) is 0 Å². The van der Waals surface area contributed by atoms with Crippen molar-refractivity contribution in [2.45, 2.75) is 38.3 Å². The van der Waals surface area contributed by atoms with E-state index in [2.05, 4.69) is 0 Å². The zero-order valence-electron chi connectivity index (χ0n) is 13.6. The zero-order chi connectivity index (χ0) is 16.7. The van der Waals surface area contributed by atoms with Crippen LogP contribution >= 0.6 is 0 Å². The molecule has 2 atom stereocenters. The van der Waals surface area contributed by atoms with Gasteiger partial charge in [-0.1, -0.05) is 18.2 Å².